The standard InChI is InChI=1S/C11H13FN2O2S/c1-2-3-4-8-14-17(15,16)11-9(12)6-5-7-10(11)13/h5-7,14H,4,8,13H2,1H3. The van der Waals surface area contributed by atoms with E-state index in [4.69, 9.17) is 5.73 Å². The minimum absolute atomic E-state index is 0.112. The van der Waals surface area contributed by atoms with Crippen molar-refractivity contribution in [1.82, 2.24) is 4.72 Å². The first-order chi connectivity index (χ1) is 7.99. The molecule has 3 N–H and O–H groups in total. The first-order valence-electron chi connectivity index (χ1n) is 4.92. The fraction of sp³-hybridized carbons (Fsp3) is 0.273. The number of nitrogens with one attached hydrogen (secondary N) is 1. The third-order valence-electron chi connectivity index (χ3n) is 1.99. The Labute approximate surface area is 100 Å². The highest BCUT2D eigenvalue weighted by molar-refractivity contribution is 7.89. The van der Waals surface area contributed by atoms with E-state index in [2.05, 4.69) is 16.6 Å². The van der Waals surface area contributed by atoms with Gasteiger partial charge in [0.15, 0.2) is 0 Å². The van der Waals surface area contributed by atoms with Crippen molar-refractivity contribution in [3.8, 4) is 11.8 Å². The molecule has 0 aliphatic carbocycles. The lowest BCUT2D eigenvalue weighted by Gasteiger charge is -2.08. The van der Waals surface area contributed by atoms with Crippen LogP contribution in [0.1, 0.15) is 13.3 Å². The van der Waals surface area contributed by atoms with Crippen molar-refractivity contribution in [2.24, 2.45) is 0 Å². The van der Waals surface area contributed by atoms with E-state index < -0.39 is 20.7 Å². The molecule has 1 aromatic carbocycles. The van der Waals surface area contributed by atoms with Gasteiger partial charge in [0.1, 0.15) is 10.7 Å². The molecule has 0 atom stereocenters. The molecule has 0 unspecified atom stereocenters. The lowest BCUT2D eigenvalue weighted by Crippen LogP contribution is -2.26. The van der Waals surface area contributed by atoms with Gasteiger partial charge in [-0.3, -0.25) is 0 Å². The van der Waals surface area contributed by atoms with Gasteiger partial charge in [-0.05, 0) is 19.1 Å². The first kappa shape index (κ1) is 13.5. The number of anilines is 1. The molecule has 0 saturated heterocycles. The zero-order valence-electron chi connectivity index (χ0n) is 9.33. The second kappa shape index (κ2) is 5.66. The Morgan fingerprint density at radius 3 is 2.76 bits per heavy atom. The van der Waals surface area contributed by atoms with Crippen LogP contribution in [0.5, 0.6) is 0 Å². The van der Waals surface area contributed by atoms with E-state index in [1.165, 1.54) is 12.1 Å². The molecule has 0 heterocycles. The second-order valence-electron chi connectivity index (χ2n) is 3.23. The summed E-state index contributed by atoms with van der Waals surface area (Å²) in [6.45, 7) is 1.78. The van der Waals surface area contributed by atoms with E-state index in [0.29, 0.717) is 6.42 Å². The summed E-state index contributed by atoms with van der Waals surface area (Å²) in [5.74, 6) is 4.47. The predicted octanol–water partition coefficient (Wildman–Crippen LogP) is 1.10. The molecule has 1 rings (SSSR count). The van der Waals surface area contributed by atoms with Crippen molar-refractivity contribution in [1.29, 1.82) is 0 Å². The quantitative estimate of drug-likeness (QED) is 0.481. The Kier molecular flexibility index (Phi) is 4.49. The van der Waals surface area contributed by atoms with Crippen LogP contribution in [0.3, 0.4) is 0 Å². The van der Waals surface area contributed by atoms with E-state index in [9.17, 15) is 12.8 Å². The van der Waals surface area contributed by atoms with Gasteiger partial charge in [-0.15, -0.1) is 11.8 Å². The van der Waals surface area contributed by atoms with Crippen molar-refractivity contribution in [3.05, 3.63) is 24.0 Å². The lowest BCUT2D eigenvalue weighted by molar-refractivity contribution is 0.559. The number of benzene rings is 1. The van der Waals surface area contributed by atoms with Gasteiger partial charge in [0.05, 0.1) is 5.69 Å². The fourth-order valence-electron chi connectivity index (χ4n) is 1.25. The van der Waals surface area contributed by atoms with E-state index >= 15 is 0 Å². The average Bonchev–Trinajstić information content (AvgIpc) is 2.24. The summed E-state index contributed by atoms with van der Waals surface area (Å²) >= 11 is 0. The van der Waals surface area contributed by atoms with Crippen LogP contribution in [0.4, 0.5) is 10.1 Å². The van der Waals surface area contributed by atoms with Crippen molar-refractivity contribution < 1.29 is 12.8 Å². The maximum Gasteiger partial charge on any atom is 0.245 e. The number of rotatable bonds is 4. The molecular formula is C11H13FN2O2S. The zero-order valence-corrected chi connectivity index (χ0v) is 10.1. The summed E-state index contributed by atoms with van der Waals surface area (Å²) in [6, 6.07) is 3.74. The lowest BCUT2D eigenvalue weighted by atomic mass is 10.3. The molecule has 0 bridgehead atoms. The normalized spacial score (nSPS) is 10.7. The van der Waals surface area contributed by atoms with Crippen LogP contribution >= 0.6 is 0 Å². The monoisotopic (exact) mass is 256 g/mol. The molecule has 0 aliphatic heterocycles. The van der Waals surface area contributed by atoms with Crippen LogP contribution in [-0.2, 0) is 10.0 Å². The number of hydrogen-bond donors (Lipinski definition) is 2. The third-order valence-corrected chi connectivity index (χ3v) is 3.54. The van der Waals surface area contributed by atoms with Gasteiger partial charge in [0.2, 0.25) is 10.0 Å². The van der Waals surface area contributed by atoms with E-state index in [0.717, 1.165) is 6.07 Å². The van der Waals surface area contributed by atoms with E-state index in [-0.39, 0.29) is 12.2 Å². The molecule has 6 heteroatoms. The number of halogens is 1. The maximum atomic E-state index is 13.4. The molecule has 0 aliphatic rings. The average molecular weight is 256 g/mol. The maximum absolute atomic E-state index is 13.4. The summed E-state index contributed by atoms with van der Waals surface area (Å²) in [6.07, 6.45) is 0.365. The topological polar surface area (TPSA) is 72.2 Å². The zero-order chi connectivity index (χ0) is 12.9. The summed E-state index contributed by atoms with van der Waals surface area (Å²) < 4.78 is 39.2. The van der Waals surface area contributed by atoms with Gasteiger partial charge in [0, 0.05) is 13.0 Å². The number of nitrogen functional groups attached to an aromatic ring is 1. The molecule has 0 aromatic heterocycles. The van der Waals surface area contributed by atoms with Crippen molar-refractivity contribution in [2.45, 2.75) is 18.2 Å². The molecule has 0 amide bonds. The van der Waals surface area contributed by atoms with Crippen LogP contribution in [0, 0.1) is 17.7 Å². The Morgan fingerprint density at radius 1 is 1.47 bits per heavy atom. The number of hydrogen-bond acceptors (Lipinski definition) is 3. The Morgan fingerprint density at radius 2 is 2.18 bits per heavy atom. The van der Waals surface area contributed by atoms with Crippen molar-refractivity contribution in [3.63, 3.8) is 0 Å². The number of nitrogens with two attached hydrogens (primary N) is 1. The van der Waals surface area contributed by atoms with Crippen LogP contribution in [0.2, 0.25) is 0 Å². The molecule has 92 valence electrons. The molecule has 0 radical (unpaired) electrons. The summed E-state index contributed by atoms with van der Waals surface area (Å²) in [5.41, 5.74) is 5.34. The van der Waals surface area contributed by atoms with E-state index in [1.807, 2.05) is 0 Å². The van der Waals surface area contributed by atoms with Crippen molar-refractivity contribution >= 4 is 15.7 Å². The van der Waals surface area contributed by atoms with Gasteiger partial charge in [-0.2, -0.15) is 0 Å². The van der Waals surface area contributed by atoms with Crippen LogP contribution in [0.15, 0.2) is 23.1 Å². The predicted molar refractivity (Wildman–Crippen MR) is 64.1 cm³/mol. The Bertz CT molecular complexity index is 538. The minimum Gasteiger partial charge on any atom is -0.398 e. The molecule has 0 fully saturated rings. The summed E-state index contributed by atoms with van der Waals surface area (Å²) in [4.78, 5) is -0.510. The van der Waals surface area contributed by atoms with Crippen molar-refractivity contribution in [2.75, 3.05) is 12.3 Å². The molecule has 1 aromatic rings. The molecule has 17 heavy (non-hydrogen) atoms. The van der Waals surface area contributed by atoms with Gasteiger partial charge < -0.3 is 5.73 Å². The van der Waals surface area contributed by atoms with Crippen LogP contribution < -0.4 is 10.5 Å². The number of sulfonamides is 1. The van der Waals surface area contributed by atoms with Crippen LogP contribution in [0.25, 0.3) is 0 Å². The SMILES string of the molecule is CC#CCCNS(=O)(=O)c1c(N)cccc1F. The van der Waals surface area contributed by atoms with Gasteiger partial charge in [0.25, 0.3) is 0 Å². The molecular weight excluding hydrogens is 243 g/mol. The van der Waals surface area contributed by atoms with Gasteiger partial charge in [-0.25, -0.2) is 17.5 Å². The third kappa shape index (κ3) is 3.44. The Balaban J connectivity index is 2.93. The highest BCUT2D eigenvalue weighted by Crippen LogP contribution is 2.20. The van der Waals surface area contributed by atoms with E-state index in [1.54, 1.807) is 6.92 Å². The second-order valence-corrected chi connectivity index (χ2v) is 4.94. The highest BCUT2D eigenvalue weighted by Gasteiger charge is 2.21. The molecule has 0 saturated carbocycles. The van der Waals surface area contributed by atoms with Crippen LogP contribution in [-0.4, -0.2) is 15.0 Å². The van der Waals surface area contributed by atoms with Gasteiger partial charge in [-0.1, -0.05) is 6.07 Å². The fourth-order valence-corrected chi connectivity index (χ4v) is 2.47. The smallest absolute Gasteiger partial charge is 0.245 e. The molecule has 0 spiro atoms. The minimum atomic E-state index is -3.92. The highest BCUT2D eigenvalue weighted by atomic mass is 32.2. The summed E-state index contributed by atoms with van der Waals surface area (Å²) in [7, 11) is -3.92. The largest absolute Gasteiger partial charge is 0.398 e. The first-order valence-corrected chi connectivity index (χ1v) is 6.40. The summed E-state index contributed by atoms with van der Waals surface area (Å²) in [5, 5.41) is 0. The Hall–Kier alpha value is -1.58. The molecule has 4 nitrogen and oxygen atoms in total. The van der Waals surface area contributed by atoms with Gasteiger partial charge >= 0.3 is 0 Å².